The van der Waals surface area contributed by atoms with Crippen LogP contribution >= 0.6 is 0 Å². The molecule has 1 heterocycles. The number of hydrogen-bond donors (Lipinski definition) is 1. The highest BCUT2D eigenvalue weighted by Crippen LogP contribution is 2.34. The van der Waals surface area contributed by atoms with E-state index in [1.165, 1.54) is 0 Å². The van der Waals surface area contributed by atoms with Gasteiger partial charge >= 0.3 is 0 Å². The predicted molar refractivity (Wildman–Crippen MR) is 70.9 cm³/mol. The molecule has 112 valence electrons. The number of benzene rings is 1. The molecule has 0 spiro atoms. The van der Waals surface area contributed by atoms with Crippen LogP contribution < -0.4 is 5.32 Å². The predicted octanol–water partition coefficient (Wildman–Crippen LogP) is 3.57. The molecule has 1 saturated heterocycles. The molecule has 0 bridgehead atoms. The summed E-state index contributed by atoms with van der Waals surface area (Å²) in [6.07, 6.45) is 1.67. The summed E-state index contributed by atoms with van der Waals surface area (Å²) < 4.78 is 46.5. The molecule has 1 aliphatic heterocycles. The third kappa shape index (κ3) is 3.33. The van der Waals surface area contributed by atoms with E-state index >= 15 is 0 Å². The first-order chi connectivity index (χ1) is 9.52. The normalized spacial score (nSPS) is 24.1. The van der Waals surface area contributed by atoms with Gasteiger partial charge in [0.1, 0.15) is 17.5 Å². The molecule has 0 saturated carbocycles. The van der Waals surface area contributed by atoms with Crippen molar-refractivity contribution < 1.29 is 17.9 Å². The lowest BCUT2D eigenvalue weighted by atomic mass is 9.90. The molecular formula is C15H20F3NO. The van der Waals surface area contributed by atoms with Crippen molar-refractivity contribution in [2.24, 2.45) is 5.92 Å². The van der Waals surface area contributed by atoms with Crippen molar-refractivity contribution in [1.82, 2.24) is 5.32 Å². The Labute approximate surface area is 117 Å². The fourth-order valence-corrected chi connectivity index (χ4v) is 2.74. The lowest BCUT2D eigenvalue weighted by Gasteiger charge is -2.25. The summed E-state index contributed by atoms with van der Waals surface area (Å²) in [5, 5.41) is 3.17. The summed E-state index contributed by atoms with van der Waals surface area (Å²) in [4.78, 5) is 0. The molecule has 5 heteroatoms. The Balaban J connectivity index is 2.31. The fourth-order valence-electron chi connectivity index (χ4n) is 2.74. The van der Waals surface area contributed by atoms with Crippen LogP contribution in [0.5, 0.6) is 0 Å². The summed E-state index contributed by atoms with van der Waals surface area (Å²) in [6.45, 7) is 5.02. The van der Waals surface area contributed by atoms with Gasteiger partial charge in [0.05, 0.1) is 12.7 Å². The Kier molecular flexibility index (Phi) is 5.05. The minimum atomic E-state index is -0.894. The van der Waals surface area contributed by atoms with Gasteiger partial charge in [0, 0.05) is 29.7 Å². The third-order valence-corrected chi connectivity index (χ3v) is 3.67. The highest BCUT2D eigenvalue weighted by molar-refractivity contribution is 5.25. The molecule has 1 aromatic rings. The van der Waals surface area contributed by atoms with Gasteiger partial charge in [-0.3, -0.25) is 0 Å². The van der Waals surface area contributed by atoms with E-state index in [9.17, 15) is 13.2 Å². The second-order valence-electron chi connectivity index (χ2n) is 5.35. The van der Waals surface area contributed by atoms with Crippen LogP contribution in [0.4, 0.5) is 13.2 Å². The van der Waals surface area contributed by atoms with Crippen molar-refractivity contribution in [3.8, 4) is 0 Å². The van der Waals surface area contributed by atoms with E-state index in [-0.39, 0.29) is 17.6 Å². The summed E-state index contributed by atoms with van der Waals surface area (Å²) in [6, 6.07) is 0.983. The maximum atomic E-state index is 14.0. The van der Waals surface area contributed by atoms with Gasteiger partial charge in [-0.1, -0.05) is 6.92 Å². The first-order valence-electron chi connectivity index (χ1n) is 7.02. The van der Waals surface area contributed by atoms with E-state index in [1.54, 1.807) is 0 Å². The van der Waals surface area contributed by atoms with Gasteiger partial charge in [0.2, 0.25) is 0 Å². The quantitative estimate of drug-likeness (QED) is 0.894. The first kappa shape index (κ1) is 15.3. The van der Waals surface area contributed by atoms with Crippen molar-refractivity contribution >= 4 is 0 Å². The molecule has 20 heavy (non-hydrogen) atoms. The summed E-state index contributed by atoms with van der Waals surface area (Å²) >= 11 is 0. The van der Waals surface area contributed by atoms with Crippen LogP contribution in [0.1, 0.15) is 38.3 Å². The largest absolute Gasteiger partial charge is 0.378 e. The molecule has 0 aliphatic carbocycles. The third-order valence-electron chi connectivity index (χ3n) is 3.67. The van der Waals surface area contributed by atoms with Crippen molar-refractivity contribution in [3.63, 3.8) is 0 Å². The lowest BCUT2D eigenvalue weighted by molar-refractivity contribution is 0.116. The van der Waals surface area contributed by atoms with Gasteiger partial charge in [0.25, 0.3) is 0 Å². The molecule has 3 unspecified atom stereocenters. The minimum absolute atomic E-state index is 0.00832. The van der Waals surface area contributed by atoms with Crippen molar-refractivity contribution in [2.45, 2.75) is 38.8 Å². The Morgan fingerprint density at radius 1 is 1.30 bits per heavy atom. The first-order valence-corrected chi connectivity index (χ1v) is 7.02. The van der Waals surface area contributed by atoms with E-state index in [0.717, 1.165) is 25.0 Å². The van der Waals surface area contributed by atoms with E-state index in [2.05, 4.69) is 5.32 Å². The van der Waals surface area contributed by atoms with Gasteiger partial charge in [-0.2, -0.15) is 0 Å². The number of hydrogen-bond acceptors (Lipinski definition) is 2. The van der Waals surface area contributed by atoms with Gasteiger partial charge in [-0.05, 0) is 26.3 Å². The number of halogens is 3. The monoisotopic (exact) mass is 287 g/mol. The lowest BCUT2D eigenvalue weighted by Crippen LogP contribution is -2.31. The van der Waals surface area contributed by atoms with E-state index in [0.29, 0.717) is 13.2 Å². The Bertz CT molecular complexity index is 443. The van der Waals surface area contributed by atoms with Crippen molar-refractivity contribution in [1.29, 1.82) is 0 Å². The highest BCUT2D eigenvalue weighted by Gasteiger charge is 2.33. The Morgan fingerprint density at radius 3 is 2.45 bits per heavy atom. The molecule has 1 aromatic carbocycles. The second kappa shape index (κ2) is 6.59. The average molecular weight is 287 g/mol. The summed E-state index contributed by atoms with van der Waals surface area (Å²) in [7, 11) is 0. The highest BCUT2D eigenvalue weighted by atomic mass is 19.1. The van der Waals surface area contributed by atoms with Crippen LogP contribution in [-0.2, 0) is 4.74 Å². The molecular weight excluding hydrogens is 267 g/mol. The van der Waals surface area contributed by atoms with Crippen LogP contribution in [0, 0.1) is 23.4 Å². The standard InChI is InChI=1S/C15H20F3NO/c1-3-4-19-15(10-5-9(2)20-8-10)14-12(17)6-11(16)7-13(14)18/h6-7,9-10,15,19H,3-5,8H2,1-2H3. The van der Waals surface area contributed by atoms with Crippen LogP contribution in [0.3, 0.4) is 0 Å². The van der Waals surface area contributed by atoms with Crippen LogP contribution in [-0.4, -0.2) is 19.3 Å². The molecule has 2 rings (SSSR count). The molecule has 1 fully saturated rings. The molecule has 1 aliphatic rings. The van der Waals surface area contributed by atoms with Gasteiger partial charge in [-0.25, -0.2) is 13.2 Å². The fraction of sp³-hybridized carbons (Fsp3) is 0.600. The van der Waals surface area contributed by atoms with E-state index in [4.69, 9.17) is 4.74 Å². The molecule has 0 radical (unpaired) electrons. The van der Waals surface area contributed by atoms with Crippen LogP contribution in [0.2, 0.25) is 0 Å². The molecule has 1 N–H and O–H groups in total. The zero-order chi connectivity index (χ0) is 14.7. The van der Waals surface area contributed by atoms with Crippen molar-refractivity contribution in [2.75, 3.05) is 13.2 Å². The van der Waals surface area contributed by atoms with Crippen LogP contribution in [0.25, 0.3) is 0 Å². The Morgan fingerprint density at radius 2 is 1.95 bits per heavy atom. The summed E-state index contributed by atoms with van der Waals surface area (Å²) in [5.41, 5.74) is -0.0810. The minimum Gasteiger partial charge on any atom is -0.378 e. The molecule has 0 aromatic heterocycles. The average Bonchev–Trinajstić information content (AvgIpc) is 2.78. The van der Waals surface area contributed by atoms with Crippen molar-refractivity contribution in [3.05, 3.63) is 35.1 Å². The maximum Gasteiger partial charge on any atom is 0.133 e. The molecule has 3 atom stereocenters. The maximum absolute atomic E-state index is 14.0. The number of nitrogens with one attached hydrogen (secondary N) is 1. The molecule has 0 amide bonds. The number of rotatable bonds is 5. The topological polar surface area (TPSA) is 21.3 Å². The zero-order valence-corrected chi connectivity index (χ0v) is 11.8. The van der Waals surface area contributed by atoms with Crippen LogP contribution in [0.15, 0.2) is 12.1 Å². The number of ether oxygens (including phenoxy) is 1. The summed E-state index contributed by atoms with van der Waals surface area (Å²) in [5.74, 6) is -2.58. The van der Waals surface area contributed by atoms with E-state index < -0.39 is 23.5 Å². The second-order valence-corrected chi connectivity index (χ2v) is 5.35. The van der Waals surface area contributed by atoms with Gasteiger partial charge in [0.15, 0.2) is 0 Å². The smallest absolute Gasteiger partial charge is 0.133 e. The molecule has 2 nitrogen and oxygen atoms in total. The van der Waals surface area contributed by atoms with E-state index in [1.807, 2.05) is 13.8 Å². The Hall–Kier alpha value is -1.07. The SMILES string of the molecule is CCCNC(c1c(F)cc(F)cc1F)C1COC(C)C1. The van der Waals surface area contributed by atoms with Gasteiger partial charge in [-0.15, -0.1) is 0 Å². The zero-order valence-electron chi connectivity index (χ0n) is 11.8. The van der Waals surface area contributed by atoms with Gasteiger partial charge < -0.3 is 10.1 Å².